The number of carbonyl (C=O) groups is 1. The van der Waals surface area contributed by atoms with Gasteiger partial charge in [0.05, 0.1) is 24.0 Å². The standard InChI is InChI=1S/C11H13N5O3/c1-5-4-6(10(18)19-3)7-8(16(2)15-5)13-11(12)14-9(7)17/h4H,1-3H3,(H3,12,13,14,17). The first kappa shape index (κ1) is 12.8. The molecule has 1 aliphatic heterocycles. The number of ether oxygens (including phenoxy) is 1. The van der Waals surface area contributed by atoms with E-state index < -0.39 is 11.5 Å². The van der Waals surface area contributed by atoms with Gasteiger partial charge in [0.15, 0.2) is 5.82 Å². The van der Waals surface area contributed by atoms with Crippen LogP contribution in [0.5, 0.6) is 0 Å². The highest BCUT2D eigenvalue weighted by molar-refractivity contribution is 6.23. The van der Waals surface area contributed by atoms with E-state index in [1.54, 1.807) is 14.0 Å². The first-order valence-corrected chi connectivity index (χ1v) is 5.43. The lowest BCUT2D eigenvalue weighted by molar-refractivity contribution is -0.133. The number of nitrogens with zero attached hydrogens (tertiary/aromatic N) is 3. The van der Waals surface area contributed by atoms with Gasteiger partial charge in [-0.25, -0.2) is 9.80 Å². The summed E-state index contributed by atoms with van der Waals surface area (Å²) >= 11 is 0. The summed E-state index contributed by atoms with van der Waals surface area (Å²) in [7, 11) is 2.85. The number of nitrogen functional groups attached to an aromatic ring is 1. The van der Waals surface area contributed by atoms with Gasteiger partial charge in [-0.15, -0.1) is 0 Å². The third kappa shape index (κ3) is 2.19. The molecule has 0 aliphatic carbocycles. The molecule has 0 spiro atoms. The minimum atomic E-state index is -0.636. The van der Waals surface area contributed by atoms with Crippen LogP contribution in [0.25, 0.3) is 5.57 Å². The predicted molar refractivity (Wildman–Crippen MR) is 70.8 cm³/mol. The summed E-state index contributed by atoms with van der Waals surface area (Å²) in [6.07, 6.45) is 1.47. The minimum absolute atomic E-state index is 0.0467. The Kier molecular flexibility index (Phi) is 3.07. The molecule has 2 rings (SSSR count). The maximum atomic E-state index is 12.0. The fraction of sp³-hybridized carbons (Fsp3) is 0.273. The summed E-state index contributed by atoms with van der Waals surface area (Å²) in [6.45, 7) is 1.70. The van der Waals surface area contributed by atoms with Crippen molar-refractivity contribution in [1.29, 1.82) is 0 Å². The number of H-pyrrole nitrogens is 1. The van der Waals surface area contributed by atoms with Gasteiger partial charge in [-0.2, -0.15) is 10.1 Å². The molecule has 3 N–H and O–H groups in total. The van der Waals surface area contributed by atoms with E-state index in [0.717, 1.165) is 0 Å². The van der Waals surface area contributed by atoms with Crippen molar-refractivity contribution in [3.05, 3.63) is 22.0 Å². The lowest BCUT2D eigenvalue weighted by Crippen LogP contribution is -2.24. The smallest absolute Gasteiger partial charge is 0.338 e. The van der Waals surface area contributed by atoms with Crippen LogP contribution in [0.2, 0.25) is 0 Å². The molecule has 8 heteroatoms. The second kappa shape index (κ2) is 4.56. The van der Waals surface area contributed by atoms with Crippen molar-refractivity contribution in [3.8, 4) is 0 Å². The van der Waals surface area contributed by atoms with Gasteiger partial charge < -0.3 is 10.5 Å². The van der Waals surface area contributed by atoms with Crippen LogP contribution in [-0.2, 0) is 9.53 Å². The Balaban J connectivity index is 2.79. The zero-order valence-corrected chi connectivity index (χ0v) is 10.7. The minimum Gasteiger partial charge on any atom is -0.465 e. The number of methoxy groups -OCH3 is 1. The van der Waals surface area contributed by atoms with Gasteiger partial charge in [0.1, 0.15) is 0 Å². The van der Waals surface area contributed by atoms with Gasteiger partial charge in [-0.05, 0) is 13.0 Å². The number of carbonyl (C=O) groups excluding carboxylic acids is 1. The summed E-state index contributed by atoms with van der Waals surface area (Å²) in [6, 6.07) is 0. The highest BCUT2D eigenvalue weighted by Gasteiger charge is 2.26. The van der Waals surface area contributed by atoms with Crippen LogP contribution in [0.3, 0.4) is 0 Å². The molecule has 1 aromatic rings. The van der Waals surface area contributed by atoms with Crippen LogP contribution in [0, 0.1) is 0 Å². The number of aromatic amines is 1. The number of anilines is 2. The maximum absolute atomic E-state index is 12.0. The summed E-state index contributed by atoms with van der Waals surface area (Å²) in [4.78, 5) is 30.2. The maximum Gasteiger partial charge on any atom is 0.338 e. The largest absolute Gasteiger partial charge is 0.465 e. The highest BCUT2D eigenvalue weighted by Crippen LogP contribution is 2.25. The Morgan fingerprint density at radius 2 is 2.21 bits per heavy atom. The van der Waals surface area contributed by atoms with Gasteiger partial charge in [-0.1, -0.05) is 0 Å². The highest BCUT2D eigenvalue weighted by atomic mass is 16.5. The van der Waals surface area contributed by atoms with Gasteiger partial charge in [-0.3, -0.25) is 9.78 Å². The van der Waals surface area contributed by atoms with E-state index >= 15 is 0 Å². The van der Waals surface area contributed by atoms with E-state index in [1.165, 1.54) is 18.2 Å². The summed E-state index contributed by atoms with van der Waals surface area (Å²) in [5.74, 6) is -0.479. The second-order valence-electron chi connectivity index (χ2n) is 3.96. The monoisotopic (exact) mass is 263 g/mol. The number of nitrogens with two attached hydrogens (primary N) is 1. The van der Waals surface area contributed by atoms with E-state index in [2.05, 4.69) is 19.8 Å². The number of rotatable bonds is 1. The number of hydrazone groups is 1. The molecule has 19 heavy (non-hydrogen) atoms. The van der Waals surface area contributed by atoms with Crippen molar-refractivity contribution in [2.24, 2.45) is 5.10 Å². The van der Waals surface area contributed by atoms with Crippen molar-refractivity contribution in [2.75, 3.05) is 24.9 Å². The van der Waals surface area contributed by atoms with Crippen LogP contribution in [-0.4, -0.2) is 35.8 Å². The molecule has 0 fully saturated rings. The van der Waals surface area contributed by atoms with E-state index in [1.807, 2.05) is 0 Å². The zero-order valence-electron chi connectivity index (χ0n) is 10.7. The number of allylic oxidation sites excluding steroid dienone is 1. The first-order valence-electron chi connectivity index (χ1n) is 5.43. The number of esters is 1. The Bertz CT molecular complexity index is 659. The molecule has 0 atom stereocenters. The summed E-state index contributed by atoms with van der Waals surface area (Å²) in [5.41, 5.74) is 5.71. The number of aromatic nitrogens is 2. The fourth-order valence-electron chi connectivity index (χ4n) is 1.82. The lowest BCUT2D eigenvalue weighted by Gasteiger charge is -2.14. The lowest BCUT2D eigenvalue weighted by atomic mass is 10.1. The Hall–Kier alpha value is -2.64. The van der Waals surface area contributed by atoms with Gasteiger partial charge in [0.25, 0.3) is 5.56 Å². The average molecular weight is 263 g/mol. The molecule has 0 saturated heterocycles. The van der Waals surface area contributed by atoms with Crippen LogP contribution in [0.15, 0.2) is 16.0 Å². The molecule has 0 bridgehead atoms. The van der Waals surface area contributed by atoms with Crippen LogP contribution in [0.1, 0.15) is 12.5 Å². The third-order valence-corrected chi connectivity index (χ3v) is 2.56. The Morgan fingerprint density at radius 1 is 1.53 bits per heavy atom. The van der Waals surface area contributed by atoms with Gasteiger partial charge in [0, 0.05) is 7.05 Å². The van der Waals surface area contributed by atoms with E-state index in [-0.39, 0.29) is 22.9 Å². The van der Waals surface area contributed by atoms with E-state index in [4.69, 9.17) is 5.73 Å². The second-order valence-corrected chi connectivity index (χ2v) is 3.96. The summed E-state index contributed by atoms with van der Waals surface area (Å²) < 4.78 is 4.68. The third-order valence-electron chi connectivity index (χ3n) is 2.56. The topological polar surface area (TPSA) is 114 Å². The first-order chi connectivity index (χ1) is 8.93. The molecule has 0 amide bonds. The van der Waals surface area contributed by atoms with Crippen LogP contribution >= 0.6 is 0 Å². The number of nitrogens with one attached hydrogen (secondary N) is 1. The molecular weight excluding hydrogens is 250 g/mol. The van der Waals surface area contributed by atoms with Crippen molar-refractivity contribution < 1.29 is 9.53 Å². The number of hydrogen-bond acceptors (Lipinski definition) is 7. The summed E-state index contributed by atoms with van der Waals surface area (Å²) in [5, 5.41) is 5.55. The molecule has 0 unspecified atom stereocenters. The van der Waals surface area contributed by atoms with Gasteiger partial charge >= 0.3 is 5.97 Å². The molecule has 100 valence electrons. The predicted octanol–water partition coefficient (Wildman–Crippen LogP) is -0.266. The molecule has 0 saturated carbocycles. The van der Waals surface area contributed by atoms with Crippen molar-refractivity contribution in [1.82, 2.24) is 9.97 Å². The quantitative estimate of drug-likeness (QED) is 0.674. The average Bonchev–Trinajstić information content (AvgIpc) is 2.46. The molecule has 0 aromatic carbocycles. The molecule has 1 aliphatic rings. The van der Waals surface area contributed by atoms with Crippen LogP contribution in [0.4, 0.5) is 11.8 Å². The molecule has 0 radical (unpaired) electrons. The van der Waals surface area contributed by atoms with Gasteiger partial charge in [0.2, 0.25) is 5.95 Å². The molecule has 8 nitrogen and oxygen atoms in total. The SMILES string of the molecule is COC(=O)C1=CC(C)=NN(C)c2nc(N)[nH]c(=O)c21. The molecule has 1 aromatic heterocycles. The van der Waals surface area contributed by atoms with E-state index in [0.29, 0.717) is 5.71 Å². The van der Waals surface area contributed by atoms with Crippen LogP contribution < -0.4 is 16.3 Å². The van der Waals surface area contributed by atoms with E-state index in [9.17, 15) is 9.59 Å². The van der Waals surface area contributed by atoms with Crippen molar-refractivity contribution >= 4 is 29.0 Å². The Morgan fingerprint density at radius 3 is 2.84 bits per heavy atom. The number of hydrogen-bond donors (Lipinski definition) is 2. The Labute approximate surface area is 108 Å². The van der Waals surface area contributed by atoms with Crippen molar-refractivity contribution in [2.45, 2.75) is 6.92 Å². The number of fused-ring (bicyclic) bond motifs is 1. The normalized spacial score (nSPS) is 14.2. The fourth-order valence-corrected chi connectivity index (χ4v) is 1.82. The molecular formula is C11H13N5O3. The van der Waals surface area contributed by atoms with Crippen molar-refractivity contribution in [3.63, 3.8) is 0 Å². The zero-order chi connectivity index (χ0) is 14.2. The molecule has 2 heterocycles.